The van der Waals surface area contributed by atoms with Gasteiger partial charge in [-0.3, -0.25) is 0 Å². The second kappa shape index (κ2) is 4.61. The van der Waals surface area contributed by atoms with Crippen LogP contribution < -0.4 is 10.2 Å². The number of nitrogens with zero attached hydrogens (tertiary/aromatic N) is 3. The van der Waals surface area contributed by atoms with Gasteiger partial charge in [0.05, 0.1) is 0 Å². The molecule has 0 spiro atoms. The van der Waals surface area contributed by atoms with E-state index in [4.69, 9.17) is 0 Å². The lowest BCUT2D eigenvalue weighted by Crippen LogP contribution is -2.28. The summed E-state index contributed by atoms with van der Waals surface area (Å²) in [5.74, 6) is 1.14. The Morgan fingerprint density at radius 2 is 2.18 bits per heavy atom. The minimum Gasteiger partial charge on any atom is -0.354 e. The van der Waals surface area contributed by atoms with Crippen molar-refractivity contribution in [3.63, 3.8) is 0 Å². The van der Waals surface area contributed by atoms with Crippen LogP contribution in [0, 0.1) is 0 Å². The number of hydrogen-bond donors (Lipinski definition) is 1. The second-order valence-electron chi connectivity index (χ2n) is 5.04. The highest BCUT2D eigenvalue weighted by atomic mass is 15.2. The van der Waals surface area contributed by atoms with Gasteiger partial charge in [-0.2, -0.15) is 0 Å². The van der Waals surface area contributed by atoms with Crippen molar-refractivity contribution < 1.29 is 0 Å². The largest absolute Gasteiger partial charge is 0.354 e. The summed E-state index contributed by atoms with van der Waals surface area (Å²) < 4.78 is 0. The highest BCUT2D eigenvalue weighted by Gasteiger charge is 2.30. The Morgan fingerprint density at radius 1 is 1.35 bits per heavy atom. The first-order valence-electron chi connectivity index (χ1n) is 6.67. The van der Waals surface area contributed by atoms with Crippen molar-refractivity contribution in [2.24, 2.45) is 0 Å². The van der Waals surface area contributed by atoms with Crippen LogP contribution in [0.1, 0.15) is 38.2 Å². The predicted molar refractivity (Wildman–Crippen MR) is 67.9 cm³/mol. The zero-order valence-corrected chi connectivity index (χ0v) is 10.4. The SMILES string of the molecule is CCN(c1ncncc1CNC1CC1)C1CC1. The summed E-state index contributed by atoms with van der Waals surface area (Å²) in [6, 6.07) is 1.45. The Kier molecular flexibility index (Phi) is 2.97. The van der Waals surface area contributed by atoms with Crippen LogP contribution in [0.4, 0.5) is 5.82 Å². The van der Waals surface area contributed by atoms with Gasteiger partial charge in [0.25, 0.3) is 0 Å². The second-order valence-corrected chi connectivity index (χ2v) is 5.04. The summed E-state index contributed by atoms with van der Waals surface area (Å²) in [6.45, 7) is 4.15. The van der Waals surface area contributed by atoms with Gasteiger partial charge >= 0.3 is 0 Å². The number of aromatic nitrogens is 2. The lowest BCUT2D eigenvalue weighted by Gasteiger charge is -2.23. The van der Waals surface area contributed by atoms with Crippen LogP contribution in [-0.2, 0) is 6.54 Å². The van der Waals surface area contributed by atoms with E-state index in [0.717, 1.165) is 31.0 Å². The third-order valence-corrected chi connectivity index (χ3v) is 3.52. The van der Waals surface area contributed by atoms with Crippen molar-refractivity contribution in [2.75, 3.05) is 11.4 Å². The summed E-state index contributed by atoms with van der Waals surface area (Å²) in [6.07, 6.45) is 8.90. The Labute approximate surface area is 102 Å². The van der Waals surface area contributed by atoms with E-state index >= 15 is 0 Å². The molecule has 17 heavy (non-hydrogen) atoms. The summed E-state index contributed by atoms with van der Waals surface area (Å²) in [5, 5.41) is 3.54. The van der Waals surface area contributed by atoms with Crippen molar-refractivity contribution in [1.29, 1.82) is 0 Å². The molecule has 2 fully saturated rings. The minimum atomic E-state index is 0.717. The average molecular weight is 232 g/mol. The molecule has 0 atom stereocenters. The first-order valence-corrected chi connectivity index (χ1v) is 6.67. The average Bonchev–Trinajstić information content (AvgIpc) is 3.23. The fraction of sp³-hybridized carbons (Fsp3) is 0.692. The minimum absolute atomic E-state index is 0.717. The number of anilines is 1. The lowest BCUT2D eigenvalue weighted by molar-refractivity contribution is 0.676. The molecule has 4 heteroatoms. The third kappa shape index (κ3) is 2.57. The highest BCUT2D eigenvalue weighted by Crippen LogP contribution is 2.32. The first kappa shape index (κ1) is 11.0. The van der Waals surface area contributed by atoms with Crippen molar-refractivity contribution in [3.8, 4) is 0 Å². The fourth-order valence-corrected chi connectivity index (χ4v) is 2.24. The molecule has 0 aromatic carbocycles. The van der Waals surface area contributed by atoms with Gasteiger partial charge in [-0.05, 0) is 32.6 Å². The van der Waals surface area contributed by atoms with E-state index < -0.39 is 0 Å². The van der Waals surface area contributed by atoms with E-state index in [1.165, 1.54) is 31.2 Å². The van der Waals surface area contributed by atoms with Crippen molar-refractivity contribution in [2.45, 2.75) is 51.2 Å². The van der Waals surface area contributed by atoms with Gasteiger partial charge in [0.15, 0.2) is 0 Å². The molecular weight excluding hydrogens is 212 g/mol. The predicted octanol–water partition coefficient (Wildman–Crippen LogP) is 1.72. The molecule has 0 aliphatic heterocycles. The summed E-state index contributed by atoms with van der Waals surface area (Å²) in [5.41, 5.74) is 1.24. The molecule has 3 rings (SSSR count). The fourth-order valence-electron chi connectivity index (χ4n) is 2.24. The normalized spacial score (nSPS) is 19.4. The topological polar surface area (TPSA) is 41.1 Å². The van der Waals surface area contributed by atoms with E-state index in [0.29, 0.717) is 0 Å². The zero-order chi connectivity index (χ0) is 11.7. The molecule has 0 bridgehead atoms. The lowest BCUT2D eigenvalue weighted by atomic mass is 10.2. The van der Waals surface area contributed by atoms with Crippen LogP contribution in [0.25, 0.3) is 0 Å². The molecule has 0 radical (unpaired) electrons. The quantitative estimate of drug-likeness (QED) is 0.811. The smallest absolute Gasteiger partial charge is 0.136 e. The van der Waals surface area contributed by atoms with Crippen molar-refractivity contribution in [1.82, 2.24) is 15.3 Å². The molecule has 2 aliphatic carbocycles. The van der Waals surface area contributed by atoms with E-state index in [2.05, 4.69) is 27.1 Å². The van der Waals surface area contributed by atoms with Crippen molar-refractivity contribution >= 4 is 5.82 Å². The number of hydrogen-bond acceptors (Lipinski definition) is 4. The molecular formula is C13H20N4. The highest BCUT2D eigenvalue weighted by molar-refractivity contribution is 5.47. The maximum absolute atomic E-state index is 4.48. The van der Waals surface area contributed by atoms with Crippen LogP contribution in [0.15, 0.2) is 12.5 Å². The molecule has 0 amide bonds. The Bertz CT molecular complexity index is 385. The molecule has 1 N–H and O–H groups in total. The maximum Gasteiger partial charge on any atom is 0.136 e. The van der Waals surface area contributed by atoms with Crippen LogP contribution in [0.2, 0.25) is 0 Å². The standard InChI is InChI=1S/C13H20N4/c1-2-17(12-5-6-12)13-10(7-14-9-16-13)8-15-11-3-4-11/h7,9,11-12,15H,2-6,8H2,1H3. The monoisotopic (exact) mass is 232 g/mol. The summed E-state index contributed by atoms with van der Waals surface area (Å²) in [7, 11) is 0. The Hall–Kier alpha value is -1.16. The molecule has 2 aliphatic rings. The molecule has 2 saturated carbocycles. The molecule has 0 unspecified atom stereocenters. The van der Waals surface area contributed by atoms with Gasteiger partial charge in [0.2, 0.25) is 0 Å². The van der Waals surface area contributed by atoms with Gasteiger partial charge in [0.1, 0.15) is 12.1 Å². The first-order chi connectivity index (χ1) is 8.38. The van der Waals surface area contributed by atoms with Crippen molar-refractivity contribution in [3.05, 3.63) is 18.1 Å². The maximum atomic E-state index is 4.48. The van der Waals surface area contributed by atoms with E-state index in [1.807, 2.05) is 6.20 Å². The molecule has 92 valence electrons. The summed E-state index contributed by atoms with van der Waals surface area (Å²) in [4.78, 5) is 11.1. The molecule has 1 heterocycles. The van der Waals surface area contributed by atoms with E-state index in [-0.39, 0.29) is 0 Å². The Balaban J connectivity index is 1.75. The van der Waals surface area contributed by atoms with Gasteiger partial charge < -0.3 is 10.2 Å². The van der Waals surface area contributed by atoms with Crippen LogP contribution in [0.3, 0.4) is 0 Å². The molecule has 1 aromatic rings. The van der Waals surface area contributed by atoms with Gasteiger partial charge in [-0.25, -0.2) is 9.97 Å². The molecule has 4 nitrogen and oxygen atoms in total. The van der Waals surface area contributed by atoms with Crippen LogP contribution in [0.5, 0.6) is 0 Å². The Morgan fingerprint density at radius 3 is 2.82 bits per heavy atom. The number of rotatable bonds is 6. The van der Waals surface area contributed by atoms with E-state index in [1.54, 1.807) is 6.33 Å². The van der Waals surface area contributed by atoms with Gasteiger partial charge in [0, 0.05) is 36.9 Å². The van der Waals surface area contributed by atoms with Crippen LogP contribution >= 0.6 is 0 Å². The number of nitrogens with one attached hydrogen (secondary N) is 1. The van der Waals surface area contributed by atoms with Crippen LogP contribution in [-0.4, -0.2) is 28.6 Å². The molecule has 1 aromatic heterocycles. The summed E-state index contributed by atoms with van der Waals surface area (Å²) >= 11 is 0. The van der Waals surface area contributed by atoms with Gasteiger partial charge in [-0.15, -0.1) is 0 Å². The zero-order valence-electron chi connectivity index (χ0n) is 10.4. The van der Waals surface area contributed by atoms with Gasteiger partial charge in [-0.1, -0.05) is 0 Å². The third-order valence-electron chi connectivity index (χ3n) is 3.52. The van der Waals surface area contributed by atoms with E-state index in [9.17, 15) is 0 Å². The molecule has 0 saturated heterocycles.